The minimum atomic E-state index is -1.04. The first kappa shape index (κ1) is 17.0. The number of benzene rings is 1. The van der Waals surface area contributed by atoms with Crippen LogP contribution in [0.25, 0.3) is 0 Å². The van der Waals surface area contributed by atoms with Gasteiger partial charge in [0.25, 0.3) is 5.91 Å². The maximum Gasteiger partial charge on any atom is 0.325 e. The Hall–Kier alpha value is -2.35. The summed E-state index contributed by atoms with van der Waals surface area (Å²) >= 11 is 0. The van der Waals surface area contributed by atoms with Gasteiger partial charge in [0.15, 0.2) is 0 Å². The molecule has 1 heterocycles. The summed E-state index contributed by atoms with van der Waals surface area (Å²) in [7, 11) is 0. The molecule has 0 bridgehead atoms. The fourth-order valence-corrected chi connectivity index (χ4v) is 2.72. The number of imide groups is 1. The fraction of sp³-hybridized carbons (Fsp3) is 0.500. The lowest BCUT2D eigenvalue weighted by Gasteiger charge is -2.24. The van der Waals surface area contributed by atoms with Gasteiger partial charge in [-0.3, -0.25) is 9.69 Å². The molecule has 1 aromatic carbocycles. The largest absolute Gasteiger partial charge is 0.325 e. The zero-order chi connectivity index (χ0) is 17.3. The molecule has 0 aromatic heterocycles. The lowest BCUT2D eigenvalue weighted by molar-refractivity contribution is -0.131. The van der Waals surface area contributed by atoms with Gasteiger partial charge in [0, 0.05) is 13.0 Å². The molecule has 5 nitrogen and oxygen atoms in total. The second kappa shape index (κ2) is 6.04. The van der Waals surface area contributed by atoms with E-state index in [0.717, 1.165) is 5.56 Å². The maximum absolute atomic E-state index is 12.7. The number of rotatable bonds is 4. The van der Waals surface area contributed by atoms with Crippen molar-refractivity contribution in [1.29, 1.82) is 5.26 Å². The molecule has 5 heteroatoms. The summed E-state index contributed by atoms with van der Waals surface area (Å²) in [6.45, 7) is 8.38. The minimum absolute atomic E-state index is 0.0334. The molecule has 0 spiro atoms. The van der Waals surface area contributed by atoms with E-state index in [4.69, 9.17) is 5.26 Å². The third kappa shape index (κ3) is 3.21. The average molecular weight is 313 g/mol. The fourth-order valence-electron chi connectivity index (χ4n) is 2.72. The number of carbonyl (C=O) groups is 2. The molecule has 2 rings (SSSR count). The lowest BCUT2D eigenvalue weighted by atomic mass is 9.84. The number of urea groups is 1. The topological polar surface area (TPSA) is 73.2 Å². The van der Waals surface area contributed by atoms with Crippen molar-refractivity contribution in [2.75, 3.05) is 6.54 Å². The molecule has 3 amide bonds. The van der Waals surface area contributed by atoms with Crippen molar-refractivity contribution in [3.63, 3.8) is 0 Å². The highest BCUT2D eigenvalue weighted by atomic mass is 16.2. The van der Waals surface area contributed by atoms with Crippen LogP contribution in [0.1, 0.15) is 51.7 Å². The van der Waals surface area contributed by atoms with Gasteiger partial charge in [-0.2, -0.15) is 5.26 Å². The Labute approximate surface area is 137 Å². The van der Waals surface area contributed by atoms with Crippen molar-refractivity contribution < 1.29 is 9.59 Å². The van der Waals surface area contributed by atoms with E-state index in [1.807, 2.05) is 30.3 Å². The Morgan fingerprint density at radius 3 is 2.35 bits per heavy atom. The van der Waals surface area contributed by atoms with Crippen LogP contribution in [0.5, 0.6) is 0 Å². The molecule has 1 aromatic rings. The first-order valence-corrected chi connectivity index (χ1v) is 7.82. The third-order valence-corrected chi connectivity index (χ3v) is 4.27. The normalized spacial score (nSPS) is 21.3. The first-order valence-electron chi connectivity index (χ1n) is 7.82. The summed E-state index contributed by atoms with van der Waals surface area (Å²) in [4.78, 5) is 26.0. The van der Waals surface area contributed by atoms with Gasteiger partial charge >= 0.3 is 6.03 Å². The molecule has 1 fully saturated rings. The Morgan fingerprint density at radius 2 is 1.83 bits per heavy atom. The van der Waals surface area contributed by atoms with E-state index in [1.54, 1.807) is 6.92 Å². The lowest BCUT2D eigenvalue weighted by Crippen LogP contribution is -2.41. The van der Waals surface area contributed by atoms with Crippen LogP contribution in [0, 0.1) is 11.3 Å². The number of hydrogen-bond acceptors (Lipinski definition) is 3. The second-order valence-corrected chi connectivity index (χ2v) is 7.10. The molecule has 0 saturated carbocycles. The number of nitriles is 1. The number of nitrogens with zero attached hydrogens (tertiary/aromatic N) is 2. The van der Waals surface area contributed by atoms with E-state index in [9.17, 15) is 9.59 Å². The molecule has 1 unspecified atom stereocenters. The molecule has 122 valence electrons. The van der Waals surface area contributed by atoms with Crippen LogP contribution in [0.4, 0.5) is 4.79 Å². The van der Waals surface area contributed by atoms with Crippen LogP contribution < -0.4 is 5.32 Å². The number of amides is 3. The molecule has 0 aliphatic carbocycles. The Bertz CT molecular complexity index is 652. The molecule has 23 heavy (non-hydrogen) atoms. The molecule has 0 radical (unpaired) electrons. The molecule has 1 aliphatic rings. The standard InChI is InChI=1S/C18H23N3O2/c1-17(2,3)13-7-9-14(10-8-13)18(4)15(22)21(16(23)20-18)12-6-5-11-19/h7-10H,5-6,12H2,1-4H3,(H,20,23). The summed E-state index contributed by atoms with van der Waals surface area (Å²) in [5.74, 6) is -0.260. The van der Waals surface area contributed by atoms with Crippen LogP contribution in [0.2, 0.25) is 0 Å². The minimum Gasteiger partial charge on any atom is -0.319 e. The van der Waals surface area contributed by atoms with Crippen LogP contribution in [-0.4, -0.2) is 23.4 Å². The molecule has 1 aliphatic heterocycles. The Balaban J connectivity index is 2.23. The summed E-state index contributed by atoms with van der Waals surface area (Å²) in [6.07, 6.45) is 0.822. The van der Waals surface area contributed by atoms with Crippen molar-refractivity contribution in [1.82, 2.24) is 10.2 Å². The van der Waals surface area contributed by atoms with Gasteiger partial charge in [-0.05, 0) is 29.9 Å². The quantitative estimate of drug-likeness (QED) is 0.686. The van der Waals surface area contributed by atoms with E-state index >= 15 is 0 Å². The molecule has 1 N–H and O–H groups in total. The first-order chi connectivity index (χ1) is 10.7. The van der Waals surface area contributed by atoms with E-state index in [0.29, 0.717) is 12.8 Å². The molecular weight excluding hydrogens is 290 g/mol. The molecule has 1 saturated heterocycles. The zero-order valence-corrected chi connectivity index (χ0v) is 14.1. The van der Waals surface area contributed by atoms with Gasteiger partial charge in [-0.1, -0.05) is 45.0 Å². The van der Waals surface area contributed by atoms with Gasteiger partial charge in [0.2, 0.25) is 0 Å². The third-order valence-electron chi connectivity index (χ3n) is 4.27. The number of unbranched alkanes of at least 4 members (excludes halogenated alkanes) is 1. The van der Waals surface area contributed by atoms with E-state index in [2.05, 4.69) is 26.1 Å². The van der Waals surface area contributed by atoms with Crippen molar-refractivity contribution in [2.45, 2.75) is 51.5 Å². The monoisotopic (exact) mass is 313 g/mol. The van der Waals surface area contributed by atoms with Crippen LogP contribution >= 0.6 is 0 Å². The van der Waals surface area contributed by atoms with Gasteiger partial charge in [-0.15, -0.1) is 0 Å². The van der Waals surface area contributed by atoms with Crippen molar-refractivity contribution in [3.8, 4) is 6.07 Å². The van der Waals surface area contributed by atoms with Crippen LogP contribution in [-0.2, 0) is 15.7 Å². The van der Waals surface area contributed by atoms with Crippen LogP contribution in [0.15, 0.2) is 24.3 Å². The Morgan fingerprint density at radius 1 is 1.22 bits per heavy atom. The highest BCUT2D eigenvalue weighted by Crippen LogP contribution is 2.31. The van der Waals surface area contributed by atoms with Gasteiger partial charge in [0.1, 0.15) is 5.54 Å². The van der Waals surface area contributed by atoms with E-state index in [1.165, 1.54) is 10.5 Å². The number of nitrogens with one attached hydrogen (secondary N) is 1. The summed E-state index contributed by atoms with van der Waals surface area (Å²) in [5.41, 5.74) is 0.936. The number of hydrogen-bond donors (Lipinski definition) is 1. The van der Waals surface area contributed by atoms with Crippen molar-refractivity contribution in [3.05, 3.63) is 35.4 Å². The zero-order valence-electron chi connectivity index (χ0n) is 14.1. The predicted molar refractivity (Wildman–Crippen MR) is 87.6 cm³/mol. The molecular formula is C18H23N3O2. The SMILES string of the molecule is CC(C)(C)c1ccc(C2(C)NC(=O)N(CCCC#N)C2=O)cc1. The Kier molecular flexibility index (Phi) is 4.46. The van der Waals surface area contributed by atoms with Crippen molar-refractivity contribution in [2.24, 2.45) is 0 Å². The predicted octanol–water partition coefficient (Wildman–Crippen LogP) is 3.05. The second-order valence-electron chi connectivity index (χ2n) is 7.10. The summed E-state index contributed by atoms with van der Waals surface area (Å²) in [6, 6.07) is 9.43. The maximum atomic E-state index is 12.7. The van der Waals surface area contributed by atoms with E-state index < -0.39 is 11.6 Å². The highest BCUT2D eigenvalue weighted by Gasteiger charge is 2.48. The number of carbonyl (C=O) groups excluding carboxylic acids is 2. The van der Waals surface area contributed by atoms with Gasteiger partial charge in [-0.25, -0.2) is 4.79 Å². The van der Waals surface area contributed by atoms with Crippen molar-refractivity contribution >= 4 is 11.9 Å². The average Bonchev–Trinajstić information content (AvgIpc) is 2.71. The summed E-state index contributed by atoms with van der Waals surface area (Å²) < 4.78 is 0. The smallest absolute Gasteiger partial charge is 0.319 e. The van der Waals surface area contributed by atoms with Gasteiger partial charge in [0.05, 0.1) is 6.07 Å². The van der Waals surface area contributed by atoms with Crippen LogP contribution in [0.3, 0.4) is 0 Å². The molecule has 1 atom stereocenters. The highest BCUT2D eigenvalue weighted by molar-refractivity contribution is 6.07. The summed E-state index contributed by atoms with van der Waals surface area (Å²) in [5, 5.41) is 11.4. The van der Waals surface area contributed by atoms with E-state index in [-0.39, 0.29) is 17.9 Å². The van der Waals surface area contributed by atoms with Gasteiger partial charge < -0.3 is 5.32 Å².